The van der Waals surface area contributed by atoms with Gasteiger partial charge in [0.25, 0.3) is 0 Å². The minimum atomic E-state index is 0.128. The van der Waals surface area contributed by atoms with E-state index in [0.717, 1.165) is 36.3 Å². The number of methoxy groups -OCH3 is 1. The molecule has 3 heterocycles. The van der Waals surface area contributed by atoms with Crippen LogP contribution in [-0.2, 0) is 11.2 Å². The molecule has 0 bridgehead atoms. The molecule has 0 N–H and O–H groups in total. The molecule has 6 nitrogen and oxygen atoms in total. The highest BCUT2D eigenvalue weighted by molar-refractivity contribution is 7.08. The maximum atomic E-state index is 12.8. The number of hydrogen-bond donors (Lipinski definition) is 0. The SMILES string of the molecule is COc1ccc(C2CCCN2C(=O)CCc2nc(-c3ccsc3)no2)cc1. The Balaban J connectivity index is 1.38. The number of hydrogen-bond acceptors (Lipinski definition) is 6. The quantitative estimate of drug-likeness (QED) is 0.641. The molecule has 3 aromatic rings. The molecule has 0 spiro atoms. The minimum absolute atomic E-state index is 0.128. The third-order valence-electron chi connectivity index (χ3n) is 4.87. The van der Waals surface area contributed by atoms with E-state index >= 15 is 0 Å². The molecule has 27 heavy (non-hydrogen) atoms. The smallest absolute Gasteiger partial charge is 0.227 e. The van der Waals surface area contributed by atoms with E-state index in [1.54, 1.807) is 18.4 Å². The first-order valence-electron chi connectivity index (χ1n) is 9.03. The number of likely N-dealkylation sites (tertiary alicyclic amines) is 1. The Kier molecular flexibility index (Phi) is 5.20. The highest BCUT2D eigenvalue weighted by Gasteiger charge is 2.29. The van der Waals surface area contributed by atoms with Crippen LogP contribution in [0.4, 0.5) is 0 Å². The van der Waals surface area contributed by atoms with Crippen molar-refractivity contribution in [2.75, 3.05) is 13.7 Å². The van der Waals surface area contributed by atoms with Crippen LogP contribution in [0.25, 0.3) is 11.4 Å². The average molecular weight is 383 g/mol. The van der Waals surface area contributed by atoms with Crippen LogP contribution < -0.4 is 4.74 Å². The Labute approximate surface area is 161 Å². The third-order valence-corrected chi connectivity index (χ3v) is 5.56. The van der Waals surface area contributed by atoms with E-state index in [0.29, 0.717) is 24.6 Å². The maximum Gasteiger partial charge on any atom is 0.227 e. The molecular formula is C20H21N3O3S. The molecule has 1 unspecified atom stereocenters. The summed E-state index contributed by atoms with van der Waals surface area (Å²) in [7, 11) is 1.65. The summed E-state index contributed by atoms with van der Waals surface area (Å²) >= 11 is 1.59. The van der Waals surface area contributed by atoms with Crippen molar-refractivity contribution in [2.24, 2.45) is 0 Å². The predicted octanol–water partition coefficient (Wildman–Crippen LogP) is 4.10. The first-order valence-corrected chi connectivity index (χ1v) is 9.97. The van der Waals surface area contributed by atoms with Gasteiger partial charge in [0.2, 0.25) is 17.6 Å². The van der Waals surface area contributed by atoms with Gasteiger partial charge in [-0.25, -0.2) is 0 Å². The molecule has 1 fully saturated rings. The zero-order valence-corrected chi connectivity index (χ0v) is 15.9. The van der Waals surface area contributed by atoms with Gasteiger partial charge in [-0.05, 0) is 42.0 Å². The van der Waals surface area contributed by atoms with Crippen molar-refractivity contribution in [1.29, 1.82) is 0 Å². The second-order valence-electron chi connectivity index (χ2n) is 6.54. The standard InChI is InChI=1S/C20H21N3O3S/c1-25-16-6-4-14(5-7-16)17-3-2-11-23(17)19(24)9-8-18-21-20(22-26-18)15-10-12-27-13-15/h4-7,10,12-13,17H,2-3,8-9,11H2,1H3. The summed E-state index contributed by atoms with van der Waals surface area (Å²) < 4.78 is 10.5. The van der Waals surface area contributed by atoms with Crippen molar-refractivity contribution in [3.63, 3.8) is 0 Å². The van der Waals surface area contributed by atoms with E-state index in [4.69, 9.17) is 9.26 Å². The molecule has 1 aliphatic heterocycles. The molecule has 0 radical (unpaired) electrons. The number of aryl methyl sites for hydroxylation is 1. The number of carbonyl (C=O) groups excluding carboxylic acids is 1. The van der Waals surface area contributed by atoms with E-state index < -0.39 is 0 Å². The van der Waals surface area contributed by atoms with Gasteiger partial charge in [-0.3, -0.25) is 4.79 Å². The number of carbonyl (C=O) groups is 1. The number of amides is 1. The molecule has 140 valence electrons. The molecular weight excluding hydrogens is 362 g/mol. The second kappa shape index (κ2) is 7.92. The summed E-state index contributed by atoms with van der Waals surface area (Å²) in [5.74, 6) is 2.04. The van der Waals surface area contributed by atoms with Crippen LogP contribution in [0.3, 0.4) is 0 Å². The molecule has 7 heteroatoms. The molecule has 1 aromatic carbocycles. The Morgan fingerprint density at radius 1 is 1.33 bits per heavy atom. The summed E-state index contributed by atoms with van der Waals surface area (Å²) in [6, 6.07) is 10.1. The molecule has 2 aromatic heterocycles. The third kappa shape index (κ3) is 3.88. The van der Waals surface area contributed by atoms with Crippen LogP contribution in [0.2, 0.25) is 0 Å². The Morgan fingerprint density at radius 3 is 2.93 bits per heavy atom. The molecule has 0 saturated carbocycles. The van der Waals surface area contributed by atoms with E-state index in [-0.39, 0.29) is 11.9 Å². The summed E-state index contributed by atoms with van der Waals surface area (Å²) in [5.41, 5.74) is 2.10. The number of ether oxygens (including phenoxy) is 1. The number of thiophene rings is 1. The first-order chi connectivity index (χ1) is 13.2. The van der Waals surface area contributed by atoms with Gasteiger partial charge in [0, 0.05) is 30.3 Å². The van der Waals surface area contributed by atoms with Crippen molar-refractivity contribution < 1.29 is 14.1 Å². The zero-order valence-electron chi connectivity index (χ0n) is 15.1. The second-order valence-corrected chi connectivity index (χ2v) is 7.32. The van der Waals surface area contributed by atoms with E-state index in [1.807, 2.05) is 46.0 Å². The molecule has 1 atom stereocenters. The van der Waals surface area contributed by atoms with E-state index in [1.165, 1.54) is 0 Å². The van der Waals surface area contributed by atoms with Gasteiger partial charge in [0.1, 0.15) is 5.75 Å². The maximum absolute atomic E-state index is 12.8. The number of nitrogens with zero attached hydrogens (tertiary/aromatic N) is 3. The minimum Gasteiger partial charge on any atom is -0.497 e. The molecule has 1 aliphatic rings. The Morgan fingerprint density at radius 2 is 2.19 bits per heavy atom. The van der Waals surface area contributed by atoms with Gasteiger partial charge in [-0.2, -0.15) is 16.3 Å². The normalized spacial score (nSPS) is 16.6. The highest BCUT2D eigenvalue weighted by Crippen LogP contribution is 2.33. The van der Waals surface area contributed by atoms with Gasteiger partial charge in [-0.15, -0.1) is 0 Å². The van der Waals surface area contributed by atoms with Crippen molar-refractivity contribution in [3.8, 4) is 17.1 Å². The number of rotatable bonds is 6. The lowest BCUT2D eigenvalue weighted by Gasteiger charge is -2.25. The number of benzene rings is 1. The molecule has 0 aliphatic carbocycles. The number of aromatic nitrogens is 2. The van der Waals surface area contributed by atoms with Gasteiger partial charge < -0.3 is 14.2 Å². The van der Waals surface area contributed by atoms with Crippen LogP contribution in [0.5, 0.6) is 5.75 Å². The van der Waals surface area contributed by atoms with Crippen molar-refractivity contribution >= 4 is 17.2 Å². The summed E-state index contributed by atoms with van der Waals surface area (Å²) in [6.07, 6.45) is 2.84. The van der Waals surface area contributed by atoms with Crippen molar-refractivity contribution in [1.82, 2.24) is 15.0 Å². The Bertz CT molecular complexity index is 890. The highest BCUT2D eigenvalue weighted by atomic mass is 32.1. The van der Waals surface area contributed by atoms with Crippen LogP contribution >= 0.6 is 11.3 Å². The summed E-state index contributed by atoms with van der Waals surface area (Å²) in [4.78, 5) is 19.1. The van der Waals surface area contributed by atoms with Crippen molar-refractivity contribution in [3.05, 3.63) is 52.5 Å². The van der Waals surface area contributed by atoms with Crippen LogP contribution in [0.15, 0.2) is 45.6 Å². The van der Waals surface area contributed by atoms with Crippen LogP contribution in [-0.4, -0.2) is 34.6 Å². The fourth-order valence-corrected chi connectivity index (χ4v) is 4.10. The molecule has 1 saturated heterocycles. The lowest BCUT2D eigenvalue weighted by Crippen LogP contribution is -2.30. The topological polar surface area (TPSA) is 68.5 Å². The van der Waals surface area contributed by atoms with Gasteiger partial charge in [0.15, 0.2) is 0 Å². The fraction of sp³-hybridized carbons (Fsp3) is 0.350. The van der Waals surface area contributed by atoms with Crippen LogP contribution in [0.1, 0.15) is 36.8 Å². The Hall–Kier alpha value is -2.67. The van der Waals surface area contributed by atoms with E-state index in [9.17, 15) is 4.79 Å². The summed E-state index contributed by atoms with van der Waals surface area (Å²) in [5, 5.41) is 7.95. The molecule has 4 rings (SSSR count). The van der Waals surface area contributed by atoms with E-state index in [2.05, 4.69) is 10.1 Å². The van der Waals surface area contributed by atoms with Crippen molar-refractivity contribution in [2.45, 2.75) is 31.7 Å². The average Bonchev–Trinajstić information content (AvgIpc) is 3.47. The lowest BCUT2D eigenvalue weighted by molar-refractivity contribution is -0.132. The van der Waals surface area contributed by atoms with Gasteiger partial charge >= 0.3 is 0 Å². The van der Waals surface area contributed by atoms with Crippen LogP contribution in [0, 0.1) is 0 Å². The summed E-state index contributed by atoms with van der Waals surface area (Å²) in [6.45, 7) is 0.791. The first kappa shape index (κ1) is 17.7. The zero-order chi connectivity index (χ0) is 18.6. The largest absolute Gasteiger partial charge is 0.497 e. The van der Waals surface area contributed by atoms with Gasteiger partial charge in [0.05, 0.1) is 13.2 Å². The monoisotopic (exact) mass is 383 g/mol. The lowest BCUT2D eigenvalue weighted by atomic mass is 10.0. The van der Waals surface area contributed by atoms with Gasteiger partial charge in [-0.1, -0.05) is 17.3 Å². The fourth-order valence-electron chi connectivity index (χ4n) is 3.46. The molecule has 1 amide bonds. The predicted molar refractivity (Wildman–Crippen MR) is 103 cm³/mol.